The zero-order valence-electron chi connectivity index (χ0n) is 14.3. The van der Waals surface area contributed by atoms with Gasteiger partial charge in [0.2, 0.25) is 0 Å². The molecule has 134 valence electrons. The topological polar surface area (TPSA) is 93.9 Å². The molecule has 1 aromatic rings. The van der Waals surface area contributed by atoms with Crippen molar-refractivity contribution in [2.75, 3.05) is 24.5 Å². The summed E-state index contributed by atoms with van der Waals surface area (Å²) in [6, 6.07) is 6.40. The highest BCUT2D eigenvalue weighted by Gasteiger charge is 2.38. The van der Waals surface area contributed by atoms with Gasteiger partial charge < -0.3 is 14.7 Å². The van der Waals surface area contributed by atoms with E-state index in [9.17, 15) is 20.0 Å². The molecule has 1 fully saturated rings. The Hall–Kier alpha value is -2.27. The second-order valence-electron chi connectivity index (χ2n) is 6.72. The van der Waals surface area contributed by atoms with Gasteiger partial charge in [-0.2, -0.15) is 5.26 Å². The summed E-state index contributed by atoms with van der Waals surface area (Å²) in [5, 5.41) is 18.9. The van der Waals surface area contributed by atoms with Crippen molar-refractivity contribution in [2.45, 2.75) is 32.4 Å². The largest absolute Gasteiger partial charge is 0.480 e. The van der Waals surface area contributed by atoms with E-state index in [1.165, 1.54) is 4.90 Å². The number of nitrogens with zero attached hydrogens (tertiary/aromatic N) is 3. The first-order chi connectivity index (χ1) is 11.6. The summed E-state index contributed by atoms with van der Waals surface area (Å²) in [7, 11) is 0. The molecule has 0 spiro atoms. The van der Waals surface area contributed by atoms with Crippen molar-refractivity contribution in [3.05, 3.63) is 28.2 Å². The summed E-state index contributed by atoms with van der Waals surface area (Å²) in [4.78, 5) is 27.0. The van der Waals surface area contributed by atoms with E-state index in [4.69, 9.17) is 4.74 Å². The maximum atomic E-state index is 12.3. The third-order valence-corrected chi connectivity index (χ3v) is 4.40. The molecule has 25 heavy (non-hydrogen) atoms. The average Bonchev–Trinajstić information content (AvgIpc) is 2.52. The SMILES string of the molecule is CC(C)(C)OC(=O)N1CCN(c2cccc(Br)c2C#N)C[C@H]1C(=O)O. The van der Waals surface area contributed by atoms with Gasteiger partial charge in [-0.3, -0.25) is 4.90 Å². The van der Waals surface area contributed by atoms with Crippen molar-refractivity contribution >= 4 is 33.7 Å². The van der Waals surface area contributed by atoms with Crippen LogP contribution in [0.4, 0.5) is 10.5 Å². The van der Waals surface area contributed by atoms with Crippen LogP contribution in [0.15, 0.2) is 22.7 Å². The number of benzene rings is 1. The van der Waals surface area contributed by atoms with Crippen LogP contribution >= 0.6 is 15.9 Å². The van der Waals surface area contributed by atoms with E-state index in [1.807, 2.05) is 4.90 Å². The zero-order valence-corrected chi connectivity index (χ0v) is 15.9. The summed E-state index contributed by atoms with van der Waals surface area (Å²) in [6.07, 6.45) is -0.644. The predicted molar refractivity (Wildman–Crippen MR) is 95.4 cm³/mol. The van der Waals surface area contributed by atoms with Crippen LogP contribution in [0.1, 0.15) is 26.3 Å². The maximum Gasteiger partial charge on any atom is 0.411 e. The Balaban J connectivity index is 2.25. The second kappa shape index (κ2) is 7.31. The number of hydrogen-bond acceptors (Lipinski definition) is 5. The van der Waals surface area contributed by atoms with Gasteiger partial charge in [0.1, 0.15) is 17.7 Å². The molecule has 1 aliphatic rings. The number of amides is 1. The fraction of sp³-hybridized carbons (Fsp3) is 0.471. The molecule has 8 heteroatoms. The molecule has 1 saturated heterocycles. The molecule has 2 rings (SSSR count). The number of hydrogen-bond donors (Lipinski definition) is 1. The quantitative estimate of drug-likeness (QED) is 0.806. The average molecular weight is 410 g/mol. The van der Waals surface area contributed by atoms with Crippen LogP contribution in [-0.4, -0.2) is 53.3 Å². The highest BCUT2D eigenvalue weighted by molar-refractivity contribution is 9.10. The van der Waals surface area contributed by atoms with Crippen LogP contribution < -0.4 is 4.90 Å². The molecule has 1 N–H and O–H groups in total. The lowest BCUT2D eigenvalue weighted by Gasteiger charge is -2.40. The Morgan fingerprint density at radius 2 is 2.04 bits per heavy atom. The van der Waals surface area contributed by atoms with Crippen LogP contribution in [0.25, 0.3) is 0 Å². The van der Waals surface area contributed by atoms with E-state index >= 15 is 0 Å². The van der Waals surface area contributed by atoms with E-state index in [0.29, 0.717) is 22.3 Å². The van der Waals surface area contributed by atoms with Crippen LogP contribution in [0, 0.1) is 11.3 Å². The first-order valence-electron chi connectivity index (χ1n) is 7.80. The number of carbonyl (C=O) groups excluding carboxylic acids is 1. The van der Waals surface area contributed by atoms with E-state index in [0.717, 1.165) is 0 Å². The molecule has 0 aromatic heterocycles. The van der Waals surface area contributed by atoms with Gasteiger partial charge >= 0.3 is 12.1 Å². The summed E-state index contributed by atoms with van der Waals surface area (Å²) < 4.78 is 5.96. The first-order valence-corrected chi connectivity index (χ1v) is 8.59. The number of carboxylic acid groups (broad SMARTS) is 1. The molecule has 0 unspecified atom stereocenters. The zero-order chi connectivity index (χ0) is 18.8. The Labute approximate surface area is 154 Å². The van der Waals surface area contributed by atoms with Gasteiger partial charge in [-0.15, -0.1) is 0 Å². The normalized spacial score (nSPS) is 17.8. The molecule has 1 atom stereocenters. The molecule has 0 bridgehead atoms. The van der Waals surface area contributed by atoms with E-state index in [-0.39, 0.29) is 13.1 Å². The molecule has 0 aliphatic carbocycles. The van der Waals surface area contributed by atoms with Crippen LogP contribution in [-0.2, 0) is 9.53 Å². The maximum absolute atomic E-state index is 12.3. The van der Waals surface area contributed by atoms with Crippen molar-refractivity contribution in [3.63, 3.8) is 0 Å². The second-order valence-corrected chi connectivity index (χ2v) is 7.57. The van der Waals surface area contributed by atoms with Gasteiger partial charge in [0.25, 0.3) is 0 Å². The minimum atomic E-state index is -1.11. The van der Waals surface area contributed by atoms with Gasteiger partial charge in [0.05, 0.1) is 11.3 Å². The Bertz CT molecular complexity index is 724. The van der Waals surface area contributed by atoms with Crippen LogP contribution in [0.2, 0.25) is 0 Å². The fourth-order valence-corrected chi connectivity index (χ4v) is 3.08. The van der Waals surface area contributed by atoms with Crippen molar-refractivity contribution in [3.8, 4) is 6.07 Å². The van der Waals surface area contributed by atoms with Crippen molar-refractivity contribution in [1.82, 2.24) is 4.90 Å². The third kappa shape index (κ3) is 4.42. The summed E-state index contributed by atoms with van der Waals surface area (Å²) in [6.45, 7) is 5.89. The van der Waals surface area contributed by atoms with Crippen molar-refractivity contribution in [2.24, 2.45) is 0 Å². The highest BCUT2D eigenvalue weighted by Crippen LogP contribution is 2.29. The van der Waals surface area contributed by atoms with Crippen molar-refractivity contribution in [1.29, 1.82) is 5.26 Å². The molecule has 0 radical (unpaired) electrons. The number of piperazine rings is 1. The lowest BCUT2D eigenvalue weighted by molar-refractivity contribution is -0.143. The fourth-order valence-electron chi connectivity index (χ4n) is 2.64. The van der Waals surface area contributed by atoms with Crippen molar-refractivity contribution < 1.29 is 19.4 Å². The molecule has 7 nitrogen and oxygen atoms in total. The van der Waals surface area contributed by atoms with Gasteiger partial charge in [0, 0.05) is 24.1 Å². The van der Waals surface area contributed by atoms with E-state index in [1.54, 1.807) is 39.0 Å². The summed E-state index contributed by atoms with van der Waals surface area (Å²) in [5.74, 6) is -1.11. The smallest absolute Gasteiger partial charge is 0.411 e. The molecule has 1 heterocycles. The number of anilines is 1. The highest BCUT2D eigenvalue weighted by atomic mass is 79.9. The molecule has 1 aromatic carbocycles. The molecule has 1 aliphatic heterocycles. The number of carbonyl (C=O) groups is 2. The lowest BCUT2D eigenvalue weighted by Crippen LogP contribution is -2.59. The summed E-state index contributed by atoms with van der Waals surface area (Å²) >= 11 is 3.34. The lowest BCUT2D eigenvalue weighted by atomic mass is 10.1. The number of aliphatic carboxylic acids is 1. The van der Waals surface area contributed by atoms with Crippen LogP contribution in [0.5, 0.6) is 0 Å². The van der Waals surface area contributed by atoms with Gasteiger partial charge in [0.15, 0.2) is 0 Å². The number of halogens is 1. The Morgan fingerprint density at radius 3 is 2.60 bits per heavy atom. The monoisotopic (exact) mass is 409 g/mol. The van der Waals surface area contributed by atoms with E-state index < -0.39 is 23.7 Å². The Morgan fingerprint density at radius 1 is 1.36 bits per heavy atom. The van der Waals surface area contributed by atoms with Gasteiger partial charge in [-0.05, 0) is 48.8 Å². The minimum absolute atomic E-state index is 0.0830. The van der Waals surface area contributed by atoms with Crippen LogP contribution in [0.3, 0.4) is 0 Å². The molecular formula is C17H20BrN3O4. The van der Waals surface area contributed by atoms with Gasteiger partial charge in [-0.1, -0.05) is 6.07 Å². The summed E-state index contributed by atoms with van der Waals surface area (Å²) in [5.41, 5.74) is 0.388. The van der Waals surface area contributed by atoms with Gasteiger partial charge in [-0.25, -0.2) is 9.59 Å². The Kier molecular flexibility index (Phi) is 5.58. The number of rotatable bonds is 2. The number of carboxylic acids is 1. The first kappa shape index (κ1) is 19.1. The minimum Gasteiger partial charge on any atom is -0.480 e. The number of nitriles is 1. The predicted octanol–water partition coefficient (Wildman–Crippen LogP) is 2.83. The van der Waals surface area contributed by atoms with E-state index in [2.05, 4.69) is 22.0 Å². The molecule has 1 amide bonds. The molecule has 0 saturated carbocycles. The number of ether oxygens (including phenoxy) is 1. The third-order valence-electron chi connectivity index (χ3n) is 3.74. The molecular weight excluding hydrogens is 390 g/mol. The standard InChI is InChI=1S/C17H20BrN3O4/c1-17(2,3)25-16(24)21-8-7-20(10-14(21)15(22)23)13-6-4-5-12(18)11(13)9-19/h4-6,14H,7-8,10H2,1-3H3,(H,22,23)/t14-/m0/s1.